The quantitative estimate of drug-likeness (QED) is 0.516. The lowest BCUT2D eigenvalue weighted by molar-refractivity contribution is -0.0858. The minimum Gasteiger partial charge on any atom is -0.383 e. The van der Waals surface area contributed by atoms with Crippen molar-refractivity contribution in [2.45, 2.75) is 39.1 Å². The van der Waals surface area contributed by atoms with Crippen molar-refractivity contribution in [1.29, 1.82) is 0 Å². The van der Waals surface area contributed by atoms with E-state index in [0.717, 1.165) is 0 Å². The molecule has 0 spiro atoms. The highest BCUT2D eigenvalue weighted by Crippen LogP contribution is 2.47. The van der Waals surface area contributed by atoms with Crippen LogP contribution >= 0.6 is 0 Å². The first-order chi connectivity index (χ1) is 9.45. The van der Waals surface area contributed by atoms with Gasteiger partial charge in [0.2, 0.25) is 0 Å². The average molecular weight is 278 g/mol. The van der Waals surface area contributed by atoms with Gasteiger partial charge in [0, 0.05) is 17.0 Å². The minimum atomic E-state index is -0.931. The van der Waals surface area contributed by atoms with Crippen LogP contribution in [0, 0.1) is 11.8 Å². The number of nitrogens with zero attached hydrogens (tertiary/aromatic N) is 5. The predicted octanol–water partition coefficient (Wildman–Crippen LogP) is 2.04. The molecule has 0 saturated carbocycles. The van der Waals surface area contributed by atoms with Crippen LogP contribution in [0.2, 0.25) is 0 Å². The van der Waals surface area contributed by atoms with Gasteiger partial charge >= 0.3 is 5.69 Å². The minimum absolute atomic E-state index is 0.00331. The Morgan fingerprint density at radius 3 is 2.90 bits per heavy atom. The highest BCUT2D eigenvalue weighted by molar-refractivity contribution is 5.23. The number of hydrogen-bond acceptors (Lipinski definition) is 5. The van der Waals surface area contributed by atoms with Gasteiger partial charge in [-0.1, -0.05) is 25.9 Å². The Morgan fingerprint density at radius 2 is 2.35 bits per heavy atom. The highest BCUT2D eigenvalue weighted by Gasteiger charge is 2.50. The Kier molecular flexibility index (Phi) is 3.69. The van der Waals surface area contributed by atoms with Crippen molar-refractivity contribution in [2.75, 3.05) is 5.73 Å². The van der Waals surface area contributed by atoms with E-state index in [4.69, 9.17) is 16.0 Å². The fraction of sp³-hybridized carbons (Fsp3) is 0.667. The van der Waals surface area contributed by atoms with Crippen LogP contribution in [0.15, 0.2) is 22.2 Å². The molecular formula is C12H18N6O2. The van der Waals surface area contributed by atoms with Gasteiger partial charge in [-0.05, 0) is 23.9 Å². The van der Waals surface area contributed by atoms with Crippen LogP contribution in [0.25, 0.3) is 10.4 Å². The molecule has 1 fully saturated rings. The van der Waals surface area contributed by atoms with Crippen LogP contribution in [0.4, 0.5) is 5.82 Å². The Balaban J connectivity index is 2.45. The first-order valence-electron chi connectivity index (χ1n) is 6.54. The summed E-state index contributed by atoms with van der Waals surface area (Å²) in [4.78, 5) is 18.5. The maximum atomic E-state index is 11.9. The lowest BCUT2D eigenvalue weighted by Gasteiger charge is -2.26. The molecule has 20 heavy (non-hydrogen) atoms. The molecule has 1 saturated heterocycles. The van der Waals surface area contributed by atoms with Crippen molar-refractivity contribution < 1.29 is 4.74 Å². The zero-order valence-corrected chi connectivity index (χ0v) is 11.7. The molecule has 0 radical (unpaired) electrons. The summed E-state index contributed by atoms with van der Waals surface area (Å²) >= 11 is 0. The van der Waals surface area contributed by atoms with Crippen LogP contribution in [-0.4, -0.2) is 15.3 Å². The number of nitrogen functional groups attached to an aromatic ring is 1. The maximum absolute atomic E-state index is 11.9. The van der Waals surface area contributed by atoms with Crippen molar-refractivity contribution in [1.82, 2.24) is 9.55 Å². The smallest absolute Gasteiger partial charge is 0.351 e. The topological polar surface area (TPSA) is 119 Å². The van der Waals surface area contributed by atoms with E-state index in [0.29, 0.717) is 6.42 Å². The zero-order chi connectivity index (χ0) is 14.9. The van der Waals surface area contributed by atoms with Gasteiger partial charge in [-0.25, -0.2) is 4.79 Å². The Labute approximate surface area is 116 Å². The van der Waals surface area contributed by atoms with Gasteiger partial charge in [0.05, 0.1) is 0 Å². The van der Waals surface area contributed by atoms with E-state index in [2.05, 4.69) is 15.0 Å². The number of rotatable bonds is 3. The third kappa shape index (κ3) is 2.13. The third-order valence-electron chi connectivity index (χ3n) is 4.12. The summed E-state index contributed by atoms with van der Waals surface area (Å²) in [5.74, 6) is 0.156. The van der Waals surface area contributed by atoms with Crippen LogP contribution < -0.4 is 11.4 Å². The molecular weight excluding hydrogens is 260 g/mol. The van der Waals surface area contributed by atoms with Gasteiger partial charge in [-0.3, -0.25) is 4.57 Å². The Hall–Kier alpha value is -2.05. The number of aromatic nitrogens is 2. The van der Waals surface area contributed by atoms with E-state index in [-0.39, 0.29) is 17.7 Å². The monoisotopic (exact) mass is 278 g/mol. The zero-order valence-electron chi connectivity index (χ0n) is 11.7. The normalized spacial score (nSPS) is 32.9. The molecule has 0 amide bonds. The van der Waals surface area contributed by atoms with E-state index < -0.39 is 17.6 Å². The summed E-state index contributed by atoms with van der Waals surface area (Å²) in [6, 6.07) is 1.54. The second-order valence-electron chi connectivity index (χ2n) is 5.09. The highest BCUT2D eigenvalue weighted by atomic mass is 16.5. The fourth-order valence-electron chi connectivity index (χ4n) is 2.68. The summed E-state index contributed by atoms with van der Waals surface area (Å²) in [7, 11) is 0. The lowest BCUT2D eigenvalue weighted by atomic mass is 9.87. The summed E-state index contributed by atoms with van der Waals surface area (Å²) in [5.41, 5.74) is 12.8. The van der Waals surface area contributed by atoms with E-state index in [9.17, 15) is 4.79 Å². The van der Waals surface area contributed by atoms with Crippen molar-refractivity contribution in [3.63, 3.8) is 0 Å². The lowest BCUT2D eigenvalue weighted by Crippen LogP contribution is -2.32. The van der Waals surface area contributed by atoms with Crippen LogP contribution in [0.1, 0.15) is 33.4 Å². The van der Waals surface area contributed by atoms with Crippen molar-refractivity contribution in [3.8, 4) is 0 Å². The summed E-state index contributed by atoms with van der Waals surface area (Å²) in [6.45, 7) is 5.81. The Morgan fingerprint density at radius 1 is 1.65 bits per heavy atom. The Bertz CT molecular complexity index is 608. The van der Waals surface area contributed by atoms with Gasteiger partial charge in [-0.15, -0.1) is 0 Å². The molecule has 8 heteroatoms. The van der Waals surface area contributed by atoms with E-state index in [1.54, 1.807) is 12.3 Å². The molecule has 0 aliphatic carbocycles. The molecule has 108 valence electrons. The molecule has 1 aliphatic rings. The molecule has 0 aromatic carbocycles. The number of ether oxygens (including phenoxy) is 1. The van der Waals surface area contributed by atoms with Gasteiger partial charge in [0.25, 0.3) is 0 Å². The fourth-order valence-corrected chi connectivity index (χ4v) is 2.68. The molecule has 1 aromatic heterocycles. The molecule has 4 atom stereocenters. The van der Waals surface area contributed by atoms with E-state index in [1.165, 1.54) is 4.57 Å². The molecule has 1 unspecified atom stereocenters. The second kappa shape index (κ2) is 5.15. The van der Waals surface area contributed by atoms with Gasteiger partial charge in [-0.2, -0.15) is 4.98 Å². The SMILES string of the molecule is CC[C@@]1(N=[N+]=[N-])O[C@@H](n2ccc(N)nc2=O)[C@@H](C)C1C. The standard InChI is InChI=1S/C12H18N6O2/c1-4-12(16-17-14)8(3)7(2)10(20-12)18-6-5-9(13)15-11(18)19/h5-8,10H,4H2,1-3H3,(H2,13,15,19)/t7-,8?,10+,12+/m0/s1. The first-order valence-corrected chi connectivity index (χ1v) is 6.54. The molecule has 0 bridgehead atoms. The first kappa shape index (κ1) is 14.4. The van der Waals surface area contributed by atoms with Crippen LogP contribution in [0.3, 0.4) is 0 Å². The molecule has 1 aliphatic heterocycles. The second-order valence-corrected chi connectivity index (χ2v) is 5.09. The summed E-state index contributed by atoms with van der Waals surface area (Å²) in [6.07, 6.45) is 1.58. The van der Waals surface area contributed by atoms with E-state index >= 15 is 0 Å². The summed E-state index contributed by atoms with van der Waals surface area (Å²) < 4.78 is 7.32. The molecule has 1 aromatic rings. The van der Waals surface area contributed by atoms with Crippen molar-refractivity contribution in [3.05, 3.63) is 33.2 Å². The number of hydrogen-bond donors (Lipinski definition) is 1. The largest absolute Gasteiger partial charge is 0.383 e. The summed E-state index contributed by atoms with van der Waals surface area (Å²) in [5, 5.41) is 3.83. The van der Waals surface area contributed by atoms with Crippen molar-refractivity contribution in [2.24, 2.45) is 17.0 Å². The maximum Gasteiger partial charge on any atom is 0.351 e. The van der Waals surface area contributed by atoms with Gasteiger partial charge in [0.1, 0.15) is 12.0 Å². The van der Waals surface area contributed by atoms with Gasteiger partial charge < -0.3 is 10.5 Å². The van der Waals surface area contributed by atoms with Crippen LogP contribution in [-0.2, 0) is 4.74 Å². The van der Waals surface area contributed by atoms with E-state index in [1.807, 2.05) is 20.8 Å². The molecule has 8 nitrogen and oxygen atoms in total. The number of azide groups is 1. The molecule has 2 rings (SSSR count). The number of anilines is 1. The molecule has 2 N–H and O–H groups in total. The van der Waals surface area contributed by atoms with Crippen LogP contribution in [0.5, 0.6) is 0 Å². The molecule has 2 heterocycles. The third-order valence-corrected chi connectivity index (χ3v) is 4.12. The number of nitrogens with two attached hydrogens (primary N) is 1. The predicted molar refractivity (Wildman–Crippen MR) is 73.5 cm³/mol. The van der Waals surface area contributed by atoms with Gasteiger partial charge in [0.15, 0.2) is 5.72 Å². The van der Waals surface area contributed by atoms with Crippen molar-refractivity contribution >= 4 is 5.82 Å². The average Bonchev–Trinajstić information content (AvgIpc) is 2.65.